The monoisotopic (exact) mass is 448 g/mol. The Labute approximate surface area is 137 Å². The third-order valence-corrected chi connectivity index (χ3v) is 5.00. The maximum absolute atomic E-state index is 13.1. The molecule has 1 atom stereocenters. The highest BCUT2D eigenvalue weighted by Crippen LogP contribution is 2.28. The van der Waals surface area contributed by atoms with Crippen molar-refractivity contribution in [3.05, 3.63) is 68.4 Å². The second-order valence-electron chi connectivity index (χ2n) is 4.35. The largest absolute Gasteiger partial charge is 0.207 e. The summed E-state index contributed by atoms with van der Waals surface area (Å²) < 4.78 is 15.0. The molecule has 0 aliphatic carbocycles. The van der Waals surface area contributed by atoms with Crippen LogP contribution in [0.3, 0.4) is 0 Å². The fraction of sp³-hybridized carbons (Fsp3) is 0.200. The molecule has 0 amide bonds. The quantitative estimate of drug-likeness (QED) is 0.496. The Morgan fingerprint density at radius 3 is 2.47 bits per heavy atom. The van der Waals surface area contributed by atoms with Gasteiger partial charge in [0, 0.05) is 14.3 Å². The van der Waals surface area contributed by atoms with E-state index in [1.54, 1.807) is 0 Å². The van der Waals surface area contributed by atoms with Crippen LogP contribution in [0.15, 0.2) is 51.4 Å². The number of halogens is 4. The van der Waals surface area contributed by atoms with E-state index >= 15 is 0 Å². The normalized spacial score (nSPS) is 12.4. The van der Waals surface area contributed by atoms with Gasteiger partial charge in [-0.05, 0) is 47.7 Å². The van der Waals surface area contributed by atoms with E-state index < -0.39 is 0 Å². The minimum absolute atomic E-state index is 0.214. The van der Waals surface area contributed by atoms with E-state index in [1.165, 1.54) is 17.7 Å². The summed E-state index contributed by atoms with van der Waals surface area (Å²) in [5, 5.41) is 0.868. The van der Waals surface area contributed by atoms with Gasteiger partial charge in [-0.15, -0.1) is 0 Å². The number of benzene rings is 2. The molecule has 0 bridgehead atoms. The van der Waals surface area contributed by atoms with Crippen molar-refractivity contribution < 1.29 is 4.39 Å². The number of hydrogen-bond donors (Lipinski definition) is 0. The Morgan fingerprint density at radius 1 is 1.05 bits per heavy atom. The zero-order valence-electron chi connectivity index (χ0n) is 10.0. The molecular formula is C15H12Br3F. The van der Waals surface area contributed by atoms with Crippen LogP contribution in [0.1, 0.15) is 17.0 Å². The van der Waals surface area contributed by atoms with Gasteiger partial charge in [0.25, 0.3) is 0 Å². The summed E-state index contributed by atoms with van der Waals surface area (Å²) in [6, 6.07) is 13.2. The minimum Gasteiger partial charge on any atom is -0.207 e. The first-order chi connectivity index (χ1) is 9.10. The Morgan fingerprint density at radius 2 is 1.84 bits per heavy atom. The molecular weight excluding hydrogens is 439 g/mol. The van der Waals surface area contributed by atoms with Crippen LogP contribution in [0.5, 0.6) is 0 Å². The van der Waals surface area contributed by atoms with Crippen molar-refractivity contribution in [2.45, 2.75) is 12.3 Å². The summed E-state index contributed by atoms with van der Waals surface area (Å²) in [4.78, 5) is 0. The van der Waals surface area contributed by atoms with Gasteiger partial charge in [-0.3, -0.25) is 0 Å². The van der Waals surface area contributed by atoms with Gasteiger partial charge in [-0.25, -0.2) is 4.39 Å². The molecule has 0 fully saturated rings. The molecule has 100 valence electrons. The van der Waals surface area contributed by atoms with Gasteiger partial charge in [0.15, 0.2) is 0 Å². The fourth-order valence-electron chi connectivity index (χ4n) is 1.97. The lowest BCUT2D eigenvalue weighted by atomic mass is 9.94. The smallest absolute Gasteiger partial charge is 0.124 e. The van der Waals surface area contributed by atoms with Crippen LogP contribution in [0.4, 0.5) is 4.39 Å². The highest BCUT2D eigenvalue weighted by atomic mass is 79.9. The summed E-state index contributed by atoms with van der Waals surface area (Å²) in [5.74, 6) is 0.146. The molecule has 0 radical (unpaired) electrons. The molecule has 0 saturated carbocycles. The molecule has 2 rings (SSSR count). The first-order valence-corrected chi connectivity index (χ1v) is 8.56. The Hall–Kier alpha value is -0.190. The molecule has 1 unspecified atom stereocenters. The Kier molecular flexibility index (Phi) is 5.60. The van der Waals surface area contributed by atoms with Crippen molar-refractivity contribution in [3.8, 4) is 0 Å². The van der Waals surface area contributed by atoms with E-state index in [1.807, 2.05) is 18.2 Å². The van der Waals surface area contributed by atoms with Crippen molar-refractivity contribution >= 4 is 47.8 Å². The average Bonchev–Trinajstić information content (AvgIpc) is 2.38. The van der Waals surface area contributed by atoms with Crippen LogP contribution in [-0.4, -0.2) is 5.33 Å². The van der Waals surface area contributed by atoms with Gasteiger partial charge >= 0.3 is 0 Å². The van der Waals surface area contributed by atoms with E-state index in [4.69, 9.17) is 0 Å². The van der Waals surface area contributed by atoms with E-state index in [-0.39, 0.29) is 5.82 Å². The summed E-state index contributed by atoms with van der Waals surface area (Å²) in [6.07, 6.45) is 0.864. The number of rotatable bonds is 4. The Balaban J connectivity index is 2.24. The van der Waals surface area contributed by atoms with Crippen LogP contribution >= 0.6 is 47.8 Å². The number of alkyl halides is 1. The van der Waals surface area contributed by atoms with Gasteiger partial charge in [-0.2, -0.15) is 0 Å². The first-order valence-electron chi connectivity index (χ1n) is 5.85. The molecule has 2 aromatic rings. The van der Waals surface area contributed by atoms with Gasteiger partial charge < -0.3 is 0 Å². The third kappa shape index (κ3) is 4.14. The van der Waals surface area contributed by atoms with E-state index in [2.05, 4.69) is 59.9 Å². The zero-order chi connectivity index (χ0) is 13.8. The summed E-state index contributed by atoms with van der Waals surface area (Å²) in [7, 11) is 0. The SMILES string of the molecule is Fc1ccc(CC(CBr)c2cccc(Br)c2)c(Br)c1. The summed E-state index contributed by atoms with van der Waals surface area (Å²) >= 11 is 10.5. The Bertz CT molecular complexity index is 569. The minimum atomic E-state index is -0.214. The van der Waals surface area contributed by atoms with Crippen LogP contribution in [0.2, 0.25) is 0 Å². The van der Waals surface area contributed by atoms with Gasteiger partial charge in [-0.1, -0.05) is 66.0 Å². The van der Waals surface area contributed by atoms with Crippen molar-refractivity contribution in [2.24, 2.45) is 0 Å². The lowest BCUT2D eigenvalue weighted by Crippen LogP contribution is -2.05. The average molecular weight is 451 g/mol. The van der Waals surface area contributed by atoms with E-state index in [0.717, 1.165) is 26.3 Å². The lowest BCUT2D eigenvalue weighted by Gasteiger charge is -2.16. The first kappa shape index (κ1) is 15.2. The second-order valence-corrected chi connectivity index (χ2v) is 6.76. The summed E-state index contributed by atoms with van der Waals surface area (Å²) in [5.41, 5.74) is 2.38. The topological polar surface area (TPSA) is 0 Å². The molecule has 0 saturated heterocycles. The molecule has 4 heteroatoms. The molecule has 0 nitrogen and oxygen atoms in total. The van der Waals surface area contributed by atoms with E-state index in [9.17, 15) is 4.39 Å². The molecule has 0 aliphatic heterocycles. The maximum Gasteiger partial charge on any atom is 0.124 e. The predicted molar refractivity (Wildman–Crippen MR) is 88.5 cm³/mol. The molecule has 19 heavy (non-hydrogen) atoms. The molecule has 0 heterocycles. The van der Waals surface area contributed by atoms with E-state index in [0.29, 0.717) is 5.92 Å². The van der Waals surface area contributed by atoms with Crippen molar-refractivity contribution in [1.29, 1.82) is 0 Å². The molecule has 2 aromatic carbocycles. The van der Waals surface area contributed by atoms with Gasteiger partial charge in [0.05, 0.1) is 0 Å². The second kappa shape index (κ2) is 7.00. The zero-order valence-corrected chi connectivity index (χ0v) is 14.8. The van der Waals surface area contributed by atoms with Gasteiger partial charge in [0.2, 0.25) is 0 Å². The lowest BCUT2D eigenvalue weighted by molar-refractivity contribution is 0.625. The molecule has 0 aromatic heterocycles. The third-order valence-electron chi connectivity index (χ3n) is 2.99. The molecule has 0 N–H and O–H groups in total. The van der Waals surface area contributed by atoms with Crippen LogP contribution in [0, 0.1) is 5.82 Å². The van der Waals surface area contributed by atoms with Crippen LogP contribution < -0.4 is 0 Å². The highest BCUT2D eigenvalue weighted by Gasteiger charge is 2.13. The van der Waals surface area contributed by atoms with Crippen LogP contribution in [0.25, 0.3) is 0 Å². The van der Waals surface area contributed by atoms with Crippen molar-refractivity contribution in [3.63, 3.8) is 0 Å². The molecule has 0 aliphatic rings. The standard InChI is InChI=1S/C15H12Br3F/c16-9-12(10-2-1-3-13(17)7-10)6-11-4-5-14(19)8-15(11)18/h1-5,7-8,12H,6,9H2. The van der Waals surface area contributed by atoms with Crippen molar-refractivity contribution in [2.75, 3.05) is 5.33 Å². The summed E-state index contributed by atoms with van der Waals surface area (Å²) in [6.45, 7) is 0. The predicted octanol–water partition coefficient (Wildman–Crippen LogP) is 6.07. The molecule has 0 spiro atoms. The van der Waals surface area contributed by atoms with Crippen LogP contribution in [-0.2, 0) is 6.42 Å². The van der Waals surface area contributed by atoms with Gasteiger partial charge in [0.1, 0.15) is 5.82 Å². The fourth-order valence-corrected chi connectivity index (χ4v) is 3.51. The van der Waals surface area contributed by atoms with Crippen molar-refractivity contribution in [1.82, 2.24) is 0 Å². The maximum atomic E-state index is 13.1. The number of hydrogen-bond acceptors (Lipinski definition) is 0. The highest BCUT2D eigenvalue weighted by molar-refractivity contribution is 9.10.